The van der Waals surface area contributed by atoms with Crippen LogP contribution in [0.4, 0.5) is 5.69 Å². The van der Waals surface area contributed by atoms with Crippen LogP contribution in [0, 0.1) is 6.57 Å². The lowest BCUT2D eigenvalue weighted by Gasteiger charge is -2.08. The van der Waals surface area contributed by atoms with Crippen molar-refractivity contribution in [3.05, 3.63) is 59.4 Å². The van der Waals surface area contributed by atoms with Gasteiger partial charge in [0, 0.05) is 5.56 Å². The second-order valence-electron chi connectivity index (χ2n) is 3.66. The van der Waals surface area contributed by atoms with E-state index in [-0.39, 0.29) is 12.4 Å². The first-order valence-corrected chi connectivity index (χ1v) is 5.31. The number of aliphatic hydroxyl groups is 1. The predicted octanol–water partition coefficient (Wildman–Crippen LogP) is 3.23. The number of nitrogens with zero attached hydrogens (tertiary/aromatic N) is 1. The van der Waals surface area contributed by atoms with Crippen molar-refractivity contribution in [2.45, 2.75) is 6.61 Å². The molecule has 0 bridgehead atoms. The molecule has 4 nitrogen and oxygen atoms in total. The van der Waals surface area contributed by atoms with Gasteiger partial charge in [-0.3, -0.25) is 0 Å². The second-order valence-corrected chi connectivity index (χ2v) is 3.66. The molecule has 0 atom stereocenters. The molecule has 4 heteroatoms. The van der Waals surface area contributed by atoms with E-state index in [1.165, 1.54) is 6.07 Å². The third kappa shape index (κ3) is 2.59. The summed E-state index contributed by atoms with van der Waals surface area (Å²) in [5, 5.41) is 18.4. The van der Waals surface area contributed by atoms with E-state index >= 15 is 0 Å². The van der Waals surface area contributed by atoms with Gasteiger partial charge in [-0.15, -0.1) is 0 Å². The predicted molar refractivity (Wildman–Crippen MR) is 66.8 cm³/mol. The summed E-state index contributed by atoms with van der Waals surface area (Å²) >= 11 is 0. The van der Waals surface area contributed by atoms with Crippen LogP contribution in [0.15, 0.2) is 42.5 Å². The molecule has 0 unspecified atom stereocenters. The third-order valence-electron chi connectivity index (χ3n) is 2.42. The van der Waals surface area contributed by atoms with Gasteiger partial charge in [0.1, 0.15) is 17.2 Å². The molecule has 2 aromatic carbocycles. The molecule has 0 radical (unpaired) electrons. The Morgan fingerprint density at radius 1 is 1.06 bits per heavy atom. The van der Waals surface area contributed by atoms with E-state index in [0.717, 1.165) is 0 Å². The van der Waals surface area contributed by atoms with Crippen molar-refractivity contribution in [1.82, 2.24) is 0 Å². The van der Waals surface area contributed by atoms with E-state index < -0.39 is 0 Å². The van der Waals surface area contributed by atoms with E-state index in [9.17, 15) is 5.11 Å². The minimum absolute atomic E-state index is 0.0354. The largest absolute Gasteiger partial charge is 0.508 e. The summed E-state index contributed by atoms with van der Waals surface area (Å²) in [5.41, 5.74) is 0.953. The normalized spacial score (nSPS) is 9.78. The summed E-state index contributed by atoms with van der Waals surface area (Å²) in [6.45, 7) is 6.59. The van der Waals surface area contributed by atoms with Gasteiger partial charge in [0.25, 0.3) is 0 Å². The average Bonchev–Trinajstić information content (AvgIpc) is 2.42. The summed E-state index contributed by atoms with van der Waals surface area (Å²) in [6.07, 6.45) is 0. The molecule has 0 aliphatic rings. The molecule has 0 spiro atoms. The van der Waals surface area contributed by atoms with Gasteiger partial charge in [-0.25, -0.2) is 4.85 Å². The highest BCUT2D eigenvalue weighted by Gasteiger charge is 2.03. The van der Waals surface area contributed by atoms with Crippen molar-refractivity contribution in [1.29, 1.82) is 0 Å². The Hall–Kier alpha value is -2.51. The fourth-order valence-electron chi connectivity index (χ4n) is 1.48. The fraction of sp³-hybridized carbons (Fsp3) is 0.0714. The Labute approximate surface area is 105 Å². The Bertz CT molecular complexity index is 585. The van der Waals surface area contributed by atoms with Gasteiger partial charge in [0.05, 0.1) is 13.2 Å². The summed E-state index contributed by atoms with van der Waals surface area (Å²) in [5.74, 6) is 1.15. The van der Waals surface area contributed by atoms with E-state index in [1.807, 2.05) is 0 Å². The molecule has 2 aromatic rings. The number of aromatic hydroxyl groups is 1. The summed E-state index contributed by atoms with van der Waals surface area (Å²) in [6, 6.07) is 11.4. The number of phenols is 1. The number of benzene rings is 2. The maximum Gasteiger partial charge on any atom is 0.187 e. The maximum absolute atomic E-state index is 9.42. The number of aliphatic hydroxyl groups excluding tert-OH is 1. The molecule has 2 N–H and O–H groups in total. The molecule has 0 amide bonds. The van der Waals surface area contributed by atoms with E-state index in [2.05, 4.69) is 4.85 Å². The van der Waals surface area contributed by atoms with Gasteiger partial charge < -0.3 is 14.9 Å². The number of hydrogen-bond donors (Lipinski definition) is 2. The van der Waals surface area contributed by atoms with E-state index in [0.29, 0.717) is 22.7 Å². The summed E-state index contributed by atoms with van der Waals surface area (Å²) < 4.78 is 5.55. The standard InChI is InChI=1S/C14H11NO3/c1-15-11-2-4-12(5-3-11)18-13-6-7-14(17)10(8-13)9-16/h2-8,16-17H,9H2. The molecule has 0 saturated carbocycles. The molecular weight excluding hydrogens is 230 g/mol. The van der Waals surface area contributed by atoms with Gasteiger partial charge in [-0.2, -0.15) is 0 Å². The molecular formula is C14H11NO3. The Morgan fingerprint density at radius 2 is 1.72 bits per heavy atom. The van der Waals surface area contributed by atoms with Crippen molar-refractivity contribution in [3.63, 3.8) is 0 Å². The highest BCUT2D eigenvalue weighted by atomic mass is 16.5. The van der Waals surface area contributed by atoms with Crippen LogP contribution < -0.4 is 4.74 Å². The van der Waals surface area contributed by atoms with Crippen LogP contribution in [-0.2, 0) is 6.61 Å². The molecule has 0 aliphatic heterocycles. The van der Waals surface area contributed by atoms with Crippen LogP contribution in [0.25, 0.3) is 4.85 Å². The average molecular weight is 241 g/mol. The first kappa shape index (κ1) is 12.0. The Morgan fingerprint density at radius 3 is 2.33 bits per heavy atom. The van der Waals surface area contributed by atoms with E-state index in [4.69, 9.17) is 16.4 Å². The first-order valence-electron chi connectivity index (χ1n) is 5.31. The Kier molecular flexibility index (Phi) is 3.46. The van der Waals surface area contributed by atoms with Crippen LogP contribution in [0.5, 0.6) is 17.2 Å². The molecule has 0 fully saturated rings. The molecule has 0 aliphatic carbocycles. The number of rotatable bonds is 3. The lowest BCUT2D eigenvalue weighted by atomic mass is 10.2. The SMILES string of the molecule is [C-]#[N+]c1ccc(Oc2ccc(O)c(CO)c2)cc1. The molecule has 18 heavy (non-hydrogen) atoms. The molecule has 0 heterocycles. The zero-order valence-corrected chi connectivity index (χ0v) is 9.50. The quantitative estimate of drug-likeness (QED) is 0.811. The smallest absolute Gasteiger partial charge is 0.187 e. The number of ether oxygens (including phenoxy) is 1. The highest BCUT2D eigenvalue weighted by molar-refractivity contribution is 5.48. The van der Waals surface area contributed by atoms with Gasteiger partial charge in [0.2, 0.25) is 0 Å². The van der Waals surface area contributed by atoms with Gasteiger partial charge in [-0.1, -0.05) is 12.1 Å². The van der Waals surface area contributed by atoms with Gasteiger partial charge >= 0.3 is 0 Å². The van der Waals surface area contributed by atoms with Crippen LogP contribution in [0.1, 0.15) is 5.56 Å². The fourth-order valence-corrected chi connectivity index (χ4v) is 1.48. The van der Waals surface area contributed by atoms with Crippen molar-refractivity contribution >= 4 is 5.69 Å². The van der Waals surface area contributed by atoms with Crippen molar-refractivity contribution in [3.8, 4) is 17.2 Å². The summed E-state index contributed by atoms with van der Waals surface area (Å²) in [7, 11) is 0. The third-order valence-corrected chi connectivity index (χ3v) is 2.42. The van der Waals surface area contributed by atoms with Crippen LogP contribution >= 0.6 is 0 Å². The van der Waals surface area contributed by atoms with Crippen LogP contribution in [0.2, 0.25) is 0 Å². The van der Waals surface area contributed by atoms with Gasteiger partial charge in [0.15, 0.2) is 5.69 Å². The molecule has 0 saturated heterocycles. The monoisotopic (exact) mass is 241 g/mol. The Balaban J connectivity index is 2.20. The maximum atomic E-state index is 9.42. The van der Waals surface area contributed by atoms with Crippen molar-refractivity contribution < 1.29 is 14.9 Å². The lowest BCUT2D eigenvalue weighted by Crippen LogP contribution is -1.88. The molecule has 2 rings (SSSR count). The lowest BCUT2D eigenvalue weighted by molar-refractivity contribution is 0.275. The first-order chi connectivity index (χ1) is 8.72. The minimum atomic E-state index is -0.250. The highest BCUT2D eigenvalue weighted by Crippen LogP contribution is 2.28. The second kappa shape index (κ2) is 5.21. The summed E-state index contributed by atoms with van der Waals surface area (Å²) in [4.78, 5) is 3.29. The zero-order chi connectivity index (χ0) is 13.0. The minimum Gasteiger partial charge on any atom is -0.508 e. The topological polar surface area (TPSA) is 54.0 Å². The van der Waals surface area contributed by atoms with E-state index in [1.54, 1.807) is 36.4 Å². The van der Waals surface area contributed by atoms with Gasteiger partial charge in [-0.05, 0) is 30.3 Å². The van der Waals surface area contributed by atoms with Crippen molar-refractivity contribution in [2.75, 3.05) is 0 Å². The van der Waals surface area contributed by atoms with Crippen LogP contribution in [-0.4, -0.2) is 10.2 Å². The zero-order valence-electron chi connectivity index (χ0n) is 9.50. The van der Waals surface area contributed by atoms with Crippen LogP contribution in [0.3, 0.4) is 0 Å². The molecule has 0 aromatic heterocycles. The van der Waals surface area contributed by atoms with Crippen molar-refractivity contribution in [2.24, 2.45) is 0 Å². The molecule has 90 valence electrons. The number of hydrogen-bond acceptors (Lipinski definition) is 3.